The molecule has 42 heavy (non-hydrogen) atoms. The van der Waals surface area contributed by atoms with E-state index in [1.165, 1.54) is 27.8 Å². The molecule has 0 aromatic heterocycles. The van der Waals surface area contributed by atoms with E-state index in [1.54, 1.807) is 0 Å². The summed E-state index contributed by atoms with van der Waals surface area (Å²) < 4.78 is 33.1. The average molecular weight is 587 g/mol. The Kier molecular flexibility index (Phi) is 10.6. The van der Waals surface area contributed by atoms with Crippen molar-refractivity contribution in [3.63, 3.8) is 0 Å². The molecule has 0 bridgehead atoms. The molecular formula is C37H62O5. The summed E-state index contributed by atoms with van der Waals surface area (Å²) in [7, 11) is 0. The summed E-state index contributed by atoms with van der Waals surface area (Å²) in [4.78, 5) is 0. The molecule has 240 valence electrons. The molecule has 1 aromatic rings. The molecule has 0 spiro atoms. The Hall–Kier alpha value is -0.980. The van der Waals surface area contributed by atoms with Gasteiger partial charge in [0.1, 0.15) is 0 Å². The maximum absolute atomic E-state index is 6.83. The Labute approximate surface area is 257 Å². The lowest BCUT2D eigenvalue weighted by atomic mass is 9.75. The zero-order valence-electron chi connectivity index (χ0n) is 29.2. The van der Waals surface area contributed by atoms with Crippen molar-refractivity contribution in [2.45, 2.75) is 159 Å². The molecule has 14 atom stereocenters. The third-order valence-corrected chi connectivity index (χ3v) is 12.2. The van der Waals surface area contributed by atoms with Crippen LogP contribution < -0.4 is 0 Å². The van der Waals surface area contributed by atoms with Gasteiger partial charge in [-0.1, -0.05) is 47.6 Å². The van der Waals surface area contributed by atoms with Crippen molar-refractivity contribution in [1.29, 1.82) is 0 Å². The summed E-state index contributed by atoms with van der Waals surface area (Å²) in [5.41, 5.74) is 7.19. The molecule has 0 aliphatic carbocycles. The molecule has 4 rings (SSSR count). The Morgan fingerprint density at radius 2 is 1.33 bits per heavy atom. The maximum Gasteiger partial charge on any atom is 0.169 e. The van der Waals surface area contributed by atoms with Gasteiger partial charge in [-0.05, 0) is 126 Å². The van der Waals surface area contributed by atoms with E-state index in [-0.39, 0.29) is 48.8 Å². The van der Waals surface area contributed by atoms with Crippen molar-refractivity contribution in [2.75, 3.05) is 0 Å². The van der Waals surface area contributed by atoms with E-state index in [2.05, 4.69) is 103 Å². The third-order valence-electron chi connectivity index (χ3n) is 12.2. The van der Waals surface area contributed by atoms with Gasteiger partial charge in [0.05, 0.1) is 24.4 Å². The minimum absolute atomic E-state index is 0.0534. The first-order chi connectivity index (χ1) is 19.5. The highest BCUT2D eigenvalue weighted by Gasteiger charge is 2.49. The molecule has 0 radical (unpaired) electrons. The van der Waals surface area contributed by atoms with Crippen molar-refractivity contribution in [3.8, 4) is 0 Å². The minimum Gasteiger partial charge on any atom is -0.349 e. The average Bonchev–Trinajstić information content (AvgIpc) is 2.92. The highest BCUT2D eigenvalue weighted by molar-refractivity contribution is 5.43. The second-order valence-corrected chi connectivity index (χ2v) is 15.0. The Balaban J connectivity index is 1.37. The molecular weight excluding hydrogens is 524 g/mol. The predicted octanol–water partition coefficient (Wildman–Crippen LogP) is 8.70. The van der Waals surface area contributed by atoms with Gasteiger partial charge in [-0.2, -0.15) is 0 Å². The summed E-state index contributed by atoms with van der Waals surface area (Å²) in [6, 6.07) is 2.40. The van der Waals surface area contributed by atoms with Crippen LogP contribution in [0.4, 0.5) is 0 Å². The van der Waals surface area contributed by atoms with Crippen molar-refractivity contribution in [3.05, 3.63) is 33.9 Å². The lowest BCUT2D eigenvalue weighted by Gasteiger charge is -2.51. The summed E-state index contributed by atoms with van der Waals surface area (Å²) in [6.45, 7) is 31.4. The number of hydrogen-bond acceptors (Lipinski definition) is 5. The number of hydrogen-bond donors (Lipinski definition) is 0. The monoisotopic (exact) mass is 586 g/mol. The molecule has 0 N–H and O–H groups in total. The van der Waals surface area contributed by atoms with Crippen LogP contribution in [-0.4, -0.2) is 42.8 Å². The van der Waals surface area contributed by atoms with E-state index >= 15 is 0 Å². The van der Waals surface area contributed by atoms with Gasteiger partial charge in [0.25, 0.3) is 0 Å². The van der Waals surface area contributed by atoms with Crippen molar-refractivity contribution < 1.29 is 23.7 Å². The first-order valence-corrected chi connectivity index (χ1v) is 16.9. The first-order valence-electron chi connectivity index (χ1n) is 16.9. The van der Waals surface area contributed by atoms with E-state index in [0.29, 0.717) is 29.6 Å². The molecule has 5 nitrogen and oxygen atoms in total. The predicted molar refractivity (Wildman–Crippen MR) is 170 cm³/mol. The molecule has 1 aromatic carbocycles. The van der Waals surface area contributed by atoms with Gasteiger partial charge >= 0.3 is 0 Å². The van der Waals surface area contributed by atoms with Crippen LogP contribution in [0.3, 0.4) is 0 Å². The van der Waals surface area contributed by atoms with Gasteiger partial charge in [0.2, 0.25) is 0 Å². The third kappa shape index (κ3) is 6.81. The summed E-state index contributed by atoms with van der Waals surface area (Å²) >= 11 is 0. The molecule has 3 heterocycles. The molecule has 3 saturated heterocycles. The van der Waals surface area contributed by atoms with Gasteiger partial charge in [-0.3, -0.25) is 0 Å². The standard InChI is InChI=1S/C37H62O5/c1-19-17-32(24(6)23(5)21(19)3)15-16-33-25(7)27(9)35(38-30(33)12)40-34-26(8)28(10)36(39-31(34)13)42-37(14)18-20(2)22(4)29(11)41-37/h17,20,22,25-31,33-36H,15-16,18H2,1-14H3. The van der Waals surface area contributed by atoms with Gasteiger partial charge in [-0.15, -0.1) is 0 Å². The van der Waals surface area contributed by atoms with Crippen LogP contribution in [0.25, 0.3) is 0 Å². The fourth-order valence-corrected chi connectivity index (χ4v) is 8.05. The van der Waals surface area contributed by atoms with Crippen LogP contribution in [-0.2, 0) is 30.1 Å². The van der Waals surface area contributed by atoms with Gasteiger partial charge < -0.3 is 23.7 Å². The SMILES string of the molecule is Cc1cc(CCC2C(C)OC(OC3C(C)OC(OC4(C)CC(C)C(C)C(C)O4)C(C)C3C)C(C)C2C)c(C)c(C)c1C. The lowest BCUT2D eigenvalue weighted by Crippen LogP contribution is -2.57. The van der Waals surface area contributed by atoms with Crippen LogP contribution in [0.5, 0.6) is 0 Å². The molecule has 3 aliphatic rings. The Bertz CT molecular complexity index is 1060. The molecule has 5 heteroatoms. The first kappa shape index (κ1) is 33.9. The van der Waals surface area contributed by atoms with Crippen molar-refractivity contribution in [2.24, 2.45) is 41.4 Å². The molecule has 0 saturated carbocycles. The van der Waals surface area contributed by atoms with E-state index in [4.69, 9.17) is 23.7 Å². The zero-order valence-corrected chi connectivity index (χ0v) is 29.2. The summed E-state index contributed by atoms with van der Waals surface area (Å²) in [5, 5.41) is 0. The minimum atomic E-state index is -0.632. The van der Waals surface area contributed by atoms with Crippen LogP contribution in [0, 0.1) is 69.1 Å². The fraction of sp³-hybridized carbons (Fsp3) is 0.838. The van der Waals surface area contributed by atoms with Gasteiger partial charge in [0.15, 0.2) is 18.4 Å². The largest absolute Gasteiger partial charge is 0.349 e. The number of rotatable bonds is 7. The van der Waals surface area contributed by atoms with Crippen molar-refractivity contribution in [1.82, 2.24) is 0 Å². The number of benzene rings is 1. The summed E-state index contributed by atoms with van der Waals surface area (Å²) in [5.74, 6) is 2.16. The highest BCUT2D eigenvalue weighted by atomic mass is 16.8. The van der Waals surface area contributed by atoms with Gasteiger partial charge in [0, 0.05) is 18.3 Å². The maximum atomic E-state index is 6.83. The number of ether oxygens (including phenoxy) is 5. The fourth-order valence-electron chi connectivity index (χ4n) is 8.05. The quantitative estimate of drug-likeness (QED) is 0.320. The molecule has 3 fully saturated rings. The van der Waals surface area contributed by atoms with Gasteiger partial charge in [-0.25, -0.2) is 0 Å². The van der Waals surface area contributed by atoms with E-state index in [0.717, 1.165) is 19.3 Å². The second kappa shape index (κ2) is 13.2. The normalized spacial score (nSPS) is 44.8. The molecule has 14 unspecified atom stereocenters. The second-order valence-electron chi connectivity index (χ2n) is 15.0. The zero-order chi connectivity index (χ0) is 31.3. The summed E-state index contributed by atoms with van der Waals surface area (Å²) in [6.07, 6.45) is 2.70. The molecule has 3 aliphatic heterocycles. The Morgan fingerprint density at radius 1 is 0.714 bits per heavy atom. The Morgan fingerprint density at radius 3 is 1.98 bits per heavy atom. The van der Waals surface area contributed by atoms with E-state index in [1.807, 2.05) is 0 Å². The number of aryl methyl sites for hydroxylation is 2. The van der Waals surface area contributed by atoms with E-state index < -0.39 is 5.79 Å². The lowest BCUT2D eigenvalue weighted by molar-refractivity contribution is -0.381. The van der Waals surface area contributed by atoms with Crippen LogP contribution in [0.15, 0.2) is 6.07 Å². The smallest absolute Gasteiger partial charge is 0.169 e. The van der Waals surface area contributed by atoms with Crippen molar-refractivity contribution >= 4 is 0 Å². The highest BCUT2D eigenvalue weighted by Crippen LogP contribution is 2.44. The topological polar surface area (TPSA) is 46.2 Å². The van der Waals surface area contributed by atoms with Crippen LogP contribution in [0.1, 0.15) is 110 Å². The van der Waals surface area contributed by atoms with Crippen LogP contribution in [0.2, 0.25) is 0 Å². The van der Waals surface area contributed by atoms with Crippen LogP contribution >= 0.6 is 0 Å². The van der Waals surface area contributed by atoms with E-state index in [9.17, 15) is 0 Å². The molecule has 0 amide bonds.